The summed E-state index contributed by atoms with van der Waals surface area (Å²) in [6.45, 7) is 0. The summed E-state index contributed by atoms with van der Waals surface area (Å²) in [5, 5.41) is 14.5. The van der Waals surface area contributed by atoms with E-state index in [1.54, 1.807) is 0 Å². The van der Waals surface area contributed by atoms with Crippen LogP contribution in [-0.4, -0.2) is 23.1 Å². The van der Waals surface area contributed by atoms with Crippen LogP contribution in [0.1, 0.15) is 19.3 Å². The highest BCUT2D eigenvalue weighted by atomic mass is 79.9. The van der Waals surface area contributed by atoms with E-state index in [0.29, 0.717) is 24.9 Å². The van der Waals surface area contributed by atoms with E-state index in [0.717, 1.165) is 13.4 Å². The zero-order valence-electron chi connectivity index (χ0n) is 10.8. The molecule has 0 aliphatic heterocycles. The molecule has 0 radical (unpaired) electrons. The van der Waals surface area contributed by atoms with Crippen LogP contribution >= 0.6 is 47.8 Å². The van der Waals surface area contributed by atoms with Gasteiger partial charge in [0.2, 0.25) is 0 Å². The lowest BCUT2D eigenvalue weighted by atomic mass is 10.1. The maximum absolute atomic E-state index is 12.0. The van der Waals surface area contributed by atoms with Crippen LogP contribution in [0, 0.1) is 5.92 Å². The molecule has 1 aromatic carbocycles. The summed E-state index contributed by atoms with van der Waals surface area (Å²) >= 11 is 10.1. The Morgan fingerprint density at radius 1 is 1.14 bits per heavy atom. The number of carbonyl (C=O) groups excluding carboxylic acids is 1. The van der Waals surface area contributed by atoms with E-state index in [9.17, 15) is 9.59 Å². The van der Waals surface area contributed by atoms with Crippen molar-refractivity contribution in [2.24, 2.45) is 5.92 Å². The minimum Gasteiger partial charge on any atom is -0.481 e. The Morgan fingerprint density at radius 3 is 2.29 bits per heavy atom. The van der Waals surface area contributed by atoms with Crippen LogP contribution in [-0.2, 0) is 4.79 Å². The molecule has 0 heterocycles. The van der Waals surface area contributed by atoms with Crippen molar-refractivity contribution in [2.45, 2.75) is 25.3 Å². The molecule has 0 aromatic heterocycles. The Balaban J connectivity index is 1.96. The molecule has 2 rings (SSSR count). The molecule has 3 N–H and O–H groups in total. The van der Waals surface area contributed by atoms with Crippen molar-refractivity contribution in [1.29, 1.82) is 0 Å². The van der Waals surface area contributed by atoms with E-state index in [4.69, 9.17) is 5.11 Å². The van der Waals surface area contributed by atoms with Gasteiger partial charge in [0.15, 0.2) is 0 Å². The zero-order valence-corrected chi connectivity index (χ0v) is 15.6. The first-order valence-electron chi connectivity index (χ1n) is 6.31. The lowest BCUT2D eigenvalue weighted by molar-refractivity contribution is -0.141. The predicted octanol–water partition coefficient (Wildman–Crippen LogP) is 4.35. The lowest BCUT2D eigenvalue weighted by Crippen LogP contribution is -2.36. The van der Waals surface area contributed by atoms with E-state index < -0.39 is 5.97 Å². The molecule has 1 aromatic rings. The molecule has 0 bridgehead atoms. The van der Waals surface area contributed by atoms with Gasteiger partial charge in [0.25, 0.3) is 0 Å². The third kappa shape index (κ3) is 4.43. The summed E-state index contributed by atoms with van der Waals surface area (Å²) in [6, 6.07) is 3.22. The summed E-state index contributed by atoms with van der Waals surface area (Å²) in [5.41, 5.74) is 0.628. The van der Waals surface area contributed by atoms with Crippen molar-refractivity contribution < 1.29 is 14.7 Å². The normalized spacial score (nSPS) is 21.1. The fourth-order valence-corrected chi connectivity index (χ4v) is 4.79. The standard InChI is InChI=1S/C13H13Br3N2O3/c14-7-4-9(15)11(10(16)5-7)18-13(21)17-8-2-1-6(3-8)12(19)20/h4-6,8H,1-3H2,(H,19,20)(H2,17,18,21). The van der Waals surface area contributed by atoms with Crippen molar-refractivity contribution in [1.82, 2.24) is 5.32 Å². The highest BCUT2D eigenvalue weighted by Crippen LogP contribution is 2.34. The van der Waals surface area contributed by atoms with Crippen LogP contribution in [0.3, 0.4) is 0 Å². The van der Waals surface area contributed by atoms with Crippen molar-refractivity contribution in [3.05, 3.63) is 25.6 Å². The molecule has 21 heavy (non-hydrogen) atoms. The van der Waals surface area contributed by atoms with Gasteiger partial charge in [-0.15, -0.1) is 0 Å². The molecule has 1 aliphatic rings. The first-order valence-corrected chi connectivity index (χ1v) is 8.69. The second-order valence-corrected chi connectivity index (χ2v) is 7.51. The number of benzene rings is 1. The van der Waals surface area contributed by atoms with Crippen LogP contribution in [0.25, 0.3) is 0 Å². The van der Waals surface area contributed by atoms with Crippen molar-refractivity contribution in [3.8, 4) is 0 Å². The van der Waals surface area contributed by atoms with Gasteiger partial charge < -0.3 is 15.7 Å². The number of carbonyl (C=O) groups is 2. The number of halogens is 3. The van der Waals surface area contributed by atoms with E-state index in [1.807, 2.05) is 12.1 Å². The largest absolute Gasteiger partial charge is 0.481 e. The fourth-order valence-electron chi connectivity index (χ4n) is 2.33. The van der Waals surface area contributed by atoms with Crippen LogP contribution in [0.5, 0.6) is 0 Å². The molecule has 2 amide bonds. The Kier molecular flexibility index (Phi) is 5.67. The van der Waals surface area contributed by atoms with Gasteiger partial charge in [-0.2, -0.15) is 0 Å². The molecule has 5 nitrogen and oxygen atoms in total. The van der Waals surface area contributed by atoms with Gasteiger partial charge in [-0.05, 0) is 63.3 Å². The molecule has 0 spiro atoms. The minimum absolute atomic E-state index is 0.0981. The SMILES string of the molecule is O=C(Nc1c(Br)cc(Br)cc1Br)NC1CCC(C(=O)O)C1. The van der Waals surface area contributed by atoms with Gasteiger partial charge in [0.05, 0.1) is 11.6 Å². The number of hydrogen-bond acceptors (Lipinski definition) is 2. The number of aliphatic carboxylic acids is 1. The molecule has 1 fully saturated rings. The first kappa shape index (κ1) is 16.8. The maximum Gasteiger partial charge on any atom is 0.319 e. The van der Waals surface area contributed by atoms with Crippen molar-refractivity contribution in [3.63, 3.8) is 0 Å². The first-order chi connectivity index (χ1) is 9.86. The van der Waals surface area contributed by atoms with Gasteiger partial charge in [-0.3, -0.25) is 4.79 Å². The third-order valence-electron chi connectivity index (χ3n) is 3.36. The fraction of sp³-hybridized carbons (Fsp3) is 0.385. The van der Waals surface area contributed by atoms with Crippen LogP contribution in [0.2, 0.25) is 0 Å². The highest BCUT2D eigenvalue weighted by Gasteiger charge is 2.30. The predicted molar refractivity (Wildman–Crippen MR) is 90.5 cm³/mol. The Bertz CT molecular complexity index is 557. The average molecular weight is 485 g/mol. The summed E-state index contributed by atoms with van der Waals surface area (Å²) < 4.78 is 2.37. The summed E-state index contributed by atoms with van der Waals surface area (Å²) in [6.07, 6.45) is 1.77. The van der Waals surface area contributed by atoms with Crippen LogP contribution in [0.15, 0.2) is 25.6 Å². The van der Waals surface area contributed by atoms with E-state index in [1.165, 1.54) is 0 Å². The molecular formula is C13H13Br3N2O3. The van der Waals surface area contributed by atoms with Crippen LogP contribution < -0.4 is 10.6 Å². The monoisotopic (exact) mass is 482 g/mol. The topological polar surface area (TPSA) is 78.4 Å². The molecule has 114 valence electrons. The zero-order chi connectivity index (χ0) is 15.6. The number of hydrogen-bond donors (Lipinski definition) is 3. The molecule has 1 aliphatic carbocycles. The summed E-state index contributed by atoms with van der Waals surface area (Å²) in [7, 11) is 0. The van der Waals surface area contributed by atoms with E-state index in [2.05, 4.69) is 58.4 Å². The third-order valence-corrected chi connectivity index (χ3v) is 5.07. The summed E-state index contributed by atoms with van der Waals surface area (Å²) in [5.74, 6) is -1.15. The Labute approximate surface area is 147 Å². The van der Waals surface area contributed by atoms with Gasteiger partial charge in [-0.1, -0.05) is 15.9 Å². The van der Waals surface area contributed by atoms with Crippen molar-refractivity contribution >= 4 is 65.5 Å². The smallest absolute Gasteiger partial charge is 0.319 e. The van der Waals surface area contributed by atoms with Gasteiger partial charge >= 0.3 is 12.0 Å². The number of urea groups is 1. The molecule has 0 saturated heterocycles. The van der Waals surface area contributed by atoms with Crippen molar-refractivity contribution in [2.75, 3.05) is 5.32 Å². The second-order valence-electron chi connectivity index (χ2n) is 4.89. The van der Waals surface area contributed by atoms with E-state index >= 15 is 0 Å². The van der Waals surface area contributed by atoms with Gasteiger partial charge in [-0.25, -0.2) is 4.79 Å². The molecule has 1 saturated carbocycles. The van der Waals surface area contributed by atoms with Crippen LogP contribution in [0.4, 0.5) is 10.5 Å². The number of nitrogens with one attached hydrogen (secondary N) is 2. The highest BCUT2D eigenvalue weighted by molar-refractivity contribution is 9.11. The number of anilines is 1. The number of amides is 2. The average Bonchev–Trinajstić information content (AvgIpc) is 2.82. The number of carboxylic acids is 1. The Morgan fingerprint density at radius 2 is 1.76 bits per heavy atom. The Hall–Kier alpha value is -0.600. The summed E-state index contributed by atoms with van der Waals surface area (Å²) in [4.78, 5) is 22.9. The van der Waals surface area contributed by atoms with Gasteiger partial charge in [0, 0.05) is 19.5 Å². The second kappa shape index (κ2) is 7.11. The molecule has 2 atom stereocenters. The lowest BCUT2D eigenvalue weighted by Gasteiger charge is -2.15. The maximum atomic E-state index is 12.0. The van der Waals surface area contributed by atoms with E-state index in [-0.39, 0.29) is 18.0 Å². The molecular weight excluding hydrogens is 472 g/mol. The quantitative estimate of drug-likeness (QED) is 0.597. The minimum atomic E-state index is -0.793. The number of carboxylic acid groups (broad SMARTS) is 1. The number of rotatable bonds is 3. The molecule has 2 unspecified atom stereocenters. The van der Waals surface area contributed by atoms with Gasteiger partial charge in [0.1, 0.15) is 0 Å². The molecule has 8 heteroatoms.